The average molecular weight is 553 g/mol. The Bertz CT molecular complexity index is 1850. The molecule has 0 unspecified atom stereocenters. The lowest BCUT2D eigenvalue weighted by molar-refractivity contribution is 0.299. The van der Waals surface area contributed by atoms with Gasteiger partial charge in [0.05, 0.1) is 0 Å². The molecule has 198 valence electrons. The zero-order valence-electron chi connectivity index (χ0n) is 22.0. The summed E-state index contributed by atoms with van der Waals surface area (Å²) in [5, 5.41) is 0. The summed E-state index contributed by atoms with van der Waals surface area (Å²) < 4.78 is 33.4. The molecule has 41 heavy (non-hydrogen) atoms. The van der Waals surface area contributed by atoms with Crippen molar-refractivity contribution < 1.29 is 18.1 Å². The second kappa shape index (κ2) is 10.5. The molecule has 1 aliphatic rings. The second-order valence-electron chi connectivity index (χ2n) is 9.74. The molecule has 0 radical (unpaired) electrons. The first kappa shape index (κ1) is 25.0. The van der Waals surface area contributed by atoms with Crippen molar-refractivity contribution in [2.75, 3.05) is 0 Å². The second-order valence-corrected chi connectivity index (χ2v) is 11.2. The first-order chi connectivity index (χ1) is 20.2. The van der Waals surface area contributed by atoms with Gasteiger partial charge < -0.3 is 13.6 Å². The largest absolute Gasteiger partial charge is 0.647 e. The van der Waals surface area contributed by atoms with E-state index >= 15 is 0 Å². The Balaban J connectivity index is 1.34. The number of hydrogen-bond acceptors (Lipinski definition) is 4. The molecular weight excluding hydrogens is 527 g/mol. The molecule has 1 heterocycles. The van der Waals surface area contributed by atoms with Gasteiger partial charge in [0.15, 0.2) is 0 Å². The Morgan fingerprint density at radius 3 is 1.49 bits per heavy atom. The predicted octanol–water partition coefficient (Wildman–Crippen LogP) is 10.3. The van der Waals surface area contributed by atoms with Crippen LogP contribution in [-0.2, 0) is 4.57 Å². The van der Waals surface area contributed by atoms with Gasteiger partial charge >= 0.3 is 7.82 Å². The third-order valence-electron chi connectivity index (χ3n) is 7.06. The maximum Gasteiger partial charge on any atom is 0.647 e. The Kier molecular flexibility index (Phi) is 6.39. The number of hydrogen-bond donors (Lipinski definition) is 0. The molecule has 0 aromatic heterocycles. The van der Waals surface area contributed by atoms with Crippen LogP contribution >= 0.6 is 7.82 Å². The molecule has 6 aromatic rings. The monoisotopic (exact) mass is 552 g/mol. The third kappa shape index (κ3) is 5.02. The molecule has 6 aromatic carbocycles. The Morgan fingerprint density at radius 2 is 0.854 bits per heavy atom. The van der Waals surface area contributed by atoms with E-state index in [0.29, 0.717) is 17.2 Å². The first-order valence-corrected chi connectivity index (χ1v) is 14.8. The van der Waals surface area contributed by atoms with Gasteiger partial charge in [0, 0.05) is 16.7 Å². The highest BCUT2D eigenvalue weighted by atomic mass is 31.2. The van der Waals surface area contributed by atoms with Gasteiger partial charge in [0.2, 0.25) is 0 Å². The van der Waals surface area contributed by atoms with Crippen molar-refractivity contribution in [1.82, 2.24) is 0 Å². The van der Waals surface area contributed by atoms with E-state index in [9.17, 15) is 4.57 Å². The summed E-state index contributed by atoms with van der Waals surface area (Å²) in [5.41, 5.74) is 7.35. The number of rotatable bonds is 4. The number of para-hydroxylation sites is 3. The molecule has 0 fully saturated rings. The molecule has 0 N–H and O–H groups in total. The molecule has 0 atom stereocenters. The topological polar surface area (TPSA) is 44.8 Å². The van der Waals surface area contributed by atoms with Crippen LogP contribution in [0.2, 0.25) is 0 Å². The van der Waals surface area contributed by atoms with E-state index in [2.05, 4.69) is 30.3 Å². The van der Waals surface area contributed by atoms with Crippen molar-refractivity contribution in [3.05, 3.63) is 152 Å². The van der Waals surface area contributed by atoms with Crippen molar-refractivity contribution in [2.45, 2.75) is 0 Å². The standard InChI is InChI=1S/C36H25O4P/c37-41(38-34-21-7-4-18-31(34)28-15-10-14-27(24-28)26-12-2-1-3-13-26)39-35-22-8-5-19-32(35)29-16-11-17-30(25-29)33-20-6-9-23-36(33)40-41/h1-25H. The molecule has 2 bridgehead atoms. The van der Waals surface area contributed by atoms with Crippen molar-refractivity contribution >= 4 is 7.82 Å². The number of phosphoric ester groups is 1. The van der Waals surface area contributed by atoms with E-state index in [4.69, 9.17) is 13.6 Å². The van der Waals surface area contributed by atoms with Gasteiger partial charge in [-0.2, -0.15) is 4.57 Å². The third-order valence-corrected chi connectivity index (χ3v) is 8.32. The molecule has 0 saturated carbocycles. The van der Waals surface area contributed by atoms with Gasteiger partial charge in [0.25, 0.3) is 0 Å². The van der Waals surface area contributed by atoms with Crippen LogP contribution in [0.5, 0.6) is 17.2 Å². The van der Waals surface area contributed by atoms with E-state index in [1.54, 1.807) is 18.2 Å². The van der Waals surface area contributed by atoms with Crippen LogP contribution in [0.25, 0.3) is 44.5 Å². The minimum atomic E-state index is -4.25. The van der Waals surface area contributed by atoms with Crippen LogP contribution in [0.3, 0.4) is 0 Å². The number of phosphoric acid groups is 1. The molecular formula is C36H25O4P. The molecule has 0 spiro atoms. The van der Waals surface area contributed by atoms with Gasteiger partial charge in [-0.15, -0.1) is 0 Å². The van der Waals surface area contributed by atoms with Gasteiger partial charge in [-0.05, 0) is 58.1 Å². The normalized spacial score (nSPS) is 13.1. The minimum absolute atomic E-state index is 0.395. The average Bonchev–Trinajstić information content (AvgIpc) is 3.02. The Morgan fingerprint density at radius 1 is 0.415 bits per heavy atom. The maximum atomic E-state index is 14.6. The zero-order valence-corrected chi connectivity index (χ0v) is 22.9. The van der Waals surface area contributed by atoms with Crippen molar-refractivity contribution in [3.8, 4) is 61.8 Å². The lowest BCUT2D eigenvalue weighted by Crippen LogP contribution is -2.10. The summed E-state index contributed by atoms with van der Waals surface area (Å²) in [7, 11) is -4.25. The smallest absolute Gasteiger partial charge is 0.385 e. The van der Waals surface area contributed by atoms with Crippen LogP contribution in [0.4, 0.5) is 0 Å². The molecule has 1 aliphatic heterocycles. The van der Waals surface area contributed by atoms with Crippen molar-refractivity contribution in [3.63, 3.8) is 0 Å². The van der Waals surface area contributed by atoms with Crippen molar-refractivity contribution in [2.24, 2.45) is 0 Å². The molecule has 0 amide bonds. The van der Waals surface area contributed by atoms with Gasteiger partial charge in [-0.1, -0.05) is 121 Å². The highest BCUT2D eigenvalue weighted by molar-refractivity contribution is 7.49. The van der Waals surface area contributed by atoms with E-state index in [1.807, 2.05) is 103 Å². The quantitative estimate of drug-likeness (QED) is 0.204. The number of benzene rings is 6. The van der Waals surface area contributed by atoms with E-state index in [1.165, 1.54) is 0 Å². The van der Waals surface area contributed by atoms with Gasteiger partial charge in [0.1, 0.15) is 17.2 Å². The molecule has 0 aliphatic carbocycles. The highest BCUT2D eigenvalue weighted by Crippen LogP contribution is 2.55. The summed E-state index contributed by atoms with van der Waals surface area (Å²) >= 11 is 0. The SMILES string of the molecule is O=P1(Oc2ccccc2-c2cccc(-c3ccccc3)c2)Oc2ccccc2-c2cccc(c2)-c2ccccc2O1. The molecule has 0 saturated heterocycles. The fraction of sp³-hybridized carbons (Fsp3) is 0. The summed E-state index contributed by atoms with van der Waals surface area (Å²) in [6, 6.07) is 49.0. The van der Waals surface area contributed by atoms with Crippen LogP contribution < -0.4 is 13.6 Å². The van der Waals surface area contributed by atoms with Crippen molar-refractivity contribution in [1.29, 1.82) is 0 Å². The zero-order chi connectivity index (χ0) is 27.6. The van der Waals surface area contributed by atoms with E-state index in [0.717, 1.165) is 44.5 Å². The Labute approximate surface area is 239 Å². The summed E-state index contributed by atoms with van der Waals surface area (Å²) in [6.45, 7) is 0. The van der Waals surface area contributed by atoms with Crippen LogP contribution in [0.15, 0.2) is 152 Å². The van der Waals surface area contributed by atoms with Gasteiger partial charge in [-0.3, -0.25) is 0 Å². The summed E-state index contributed by atoms with van der Waals surface area (Å²) in [6.07, 6.45) is 0. The fourth-order valence-corrected chi connectivity index (χ4v) is 6.43. The summed E-state index contributed by atoms with van der Waals surface area (Å²) in [4.78, 5) is 0. The lowest BCUT2D eigenvalue weighted by atomic mass is 9.98. The molecule has 4 nitrogen and oxygen atoms in total. The van der Waals surface area contributed by atoms with Crippen LogP contribution in [-0.4, -0.2) is 0 Å². The lowest BCUT2D eigenvalue weighted by Gasteiger charge is -2.24. The highest BCUT2D eigenvalue weighted by Gasteiger charge is 2.36. The maximum absolute atomic E-state index is 14.6. The molecule has 7 rings (SSSR count). The predicted molar refractivity (Wildman–Crippen MR) is 164 cm³/mol. The fourth-order valence-electron chi connectivity index (χ4n) is 5.12. The van der Waals surface area contributed by atoms with Gasteiger partial charge in [-0.25, -0.2) is 0 Å². The number of fused-ring (bicyclic) bond motifs is 6. The first-order valence-electron chi connectivity index (χ1n) is 13.4. The summed E-state index contributed by atoms with van der Waals surface area (Å²) in [5.74, 6) is 1.22. The minimum Gasteiger partial charge on any atom is -0.385 e. The molecule has 5 heteroatoms. The van der Waals surface area contributed by atoms with Crippen LogP contribution in [0, 0.1) is 0 Å². The van der Waals surface area contributed by atoms with E-state index in [-0.39, 0.29) is 0 Å². The Hall–Kier alpha value is -5.05. The van der Waals surface area contributed by atoms with Crippen LogP contribution in [0.1, 0.15) is 0 Å². The van der Waals surface area contributed by atoms with E-state index < -0.39 is 7.82 Å².